The lowest BCUT2D eigenvalue weighted by Gasteiger charge is -2.38. The van der Waals surface area contributed by atoms with Gasteiger partial charge in [-0.15, -0.1) is 0 Å². The summed E-state index contributed by atoms with van der Waals surface area (Å²) in [5, 5.41) is 0.691. The lowest BCUT2D eigenvalue weighted by Crippen LogP contribution is -2.55. The third kappa shape index (κ3) is 3.30. The van der Waals surface area contributed by atoms with Crippen LogP contribution in [-0.2, 0) is 14.4 Å². The summed E-state index contributed by atoms with van der Waals surface area (Å²) in [6, 6.07) is 6.88. The number of carbonyl (C=O) groups excluding carboxylic acids is 3. The van der Waals surface area contributed by atoms with Crippen molar-refractivity contribution in [1.82, 2.24) is 9.80 Å². The minimum absolute atomic E-state index is 0.156. The maximum Gasteiger partial charge on any atom is 0.245 e. The number of para-hydroxylation sites is 1. The molecule has 0 saturated carbocycles. The molecule has 2 aliphatic rings. The minimum atomic E-state index is -0.761. The van der Waals surface area contributed by atoms with E-state index in [4.69, 9.17) is 11.6 Å². The van der Waals surface area contributed by atoms with Crippen LogP contribution in [-0.4, -0.2) is 59.7 Å². The maximum atomic E-state index is 12.8. The van der Waals surface area contributed by atoms with Crippen molar-refractivity contribution in [2.24, 2.45) is 5.41 Å². The standard InChI is InChI=1S/C19H24ClN3O3/c1-13(23-16(24)12-19(2,3)18(23)26)17(25)22-10-8-21(9-11-22)15-7-5-4-6-14(15)20/h4-7,13H,8-12H2,1-3H3. The van der Waals surface area contributed by atoms with Gasteiger partial charge >= 0.3 is 0 Å². The van der Waals surface area contributed by atoms with E-state index in [0.29, 0.717) is 31.2 Å². The van der Waals surface area contributed by atoms with Crippen molar-refractivity contribution in [3.8, 4) is 0 Å². The second-order valence-electron chi connectivity index (χ2n) is 7.57. The summed E-state index contributed by atoms with van der Waals surface area (Å²) >= 11 is 6.25. The SMILES string of the molecule is CC(C(=O)N1CCN(c2ccccc2Cl)CC1)N1C(=O)CC(C)(C)C1=O. The van der Waals surface area contributed by atoms with E-state index in [1.807, 2.05) is 24.3 Å². The van der Waals surface area contributed by atoms with Crippen LogP contribution in [0.25, 0.3) is 0 Å². The van der Waals surface area contributed by atoms with Crippen LogP contribution in [0, 0.1) is 5.41 Å². The molecule has 0 radical (unpaired) electrons. The van der Waals surface area contributed by atoms with Crippen molar-refractivity contribution in [3.05, 3.63) is 29.3 Å². The molecule has 7 heteroatoms. The summed E-state index contributed by atoms with van der Waals surface area (Å²) < 4.78 is 0. The fourth-order valence-electron chi connectivity index (χ4n) is 3.62. The van der Waals surface area contributed by atoms with Gasteiger partial charge in [0.1, 0.15) is 6.04 Å². The van der Waals surface area contributed by atoms with E-state index in [0.717, 1.165) is 10.6 Å². The van der Waals surface area contributed by atoms with Gasteiger partial charge < -0.3 is 9.80 Å². The third-order valence-electron chi connectivity index (χ3n) is 5.19. The summed E-state index contributed by atoms with van der Waals surface area (Å²) in [5.41, 5.74) is 0.231. The molecule has 6 nitrogen and oxygen atoms in total. The molecule has 0 spiro atoms. The fraction of sp³-hybridized carbons (Fsp3) is 0.526. The molecule has 0 aliphatic carbocycles. The van der Waals surface area contributed by atoms with Crippen LogP contribution in [0.4, 0.5) is 5.69 Å². The minimum Gasteiger partial charge on any atom is -0.367 e. The number of likely N-dealkylation sites (tertiary alicyclic amines) is 1. The van der Waals surface area contributed by atoms with Crippen molar-refractivity contribution in [3.63, 3.8) is 0 Å². The molecule has 2 heterocycles. The van der Waals surface area contributed by atoms with Crippen molar-refractivity contribution in [2.75, 3.05) is 31.1 Å². The van der Waals surface area contributed by atoms with Crippen molar-refractivity contribution in [1.29, 1.82) is 0 Å². The molecule has 1 aromatic carbocycles. The predicted molar refractivity (Wildman–Crippen MR) is 100.0 cm³/mol. The number of hydrogen-bond acceptors (Lipinski definition) is 4. The van der Waals surface area contributed by atoms with Gasteiger partial charge in [0.15, 0.2) is 0 Å². The molecule has 2 aliphatic heterocycles. The average Bonchev–Trinajstić information content (AvgIpc) is 2.81. The van der Waals surface area contributed by atoms with Crippen molar-refractivity contribution in [2.45, 2.75) is 33.2 Å². The van der Waals surface area contributed by atoms with Gasteiger partial charge in [0.2, 0.25) is 17.7 Å². The van der Waals surface area contributed by atoms with Gasteiger partial charge in [-0.2, -0.15) is 0 Å². The van der Waals surface area contributed by atoms with Gasteiger partial charge in [-0.05, 0) is 19.1 Å². The van der Waals surface area contributed by atoms with Crippen molar-refractivity contribution >= 4 is 35.0 Å². The van der Waals surface area contributed by atoms with Crippen molar-refractivity contribution < 1.29 is 14.4 Å². The first-order valence-corrected chi connectivity index (χ1v) is 9.25. The zero-order chi connectivity index (χ0) is 19.1. The Bertz CT molecular complexity index is 741. The molecule has 0 N–H and O–H groups in total. The molecule has 1 aromatic rings. The number of hydrogen-bond donors (Lipinski definition) is 0. The Morgan fingerprint density at radius 3 is 2.27 bits per heavy atom. The largest absolute Gasteiger partial charge is 0.367 e. The average molecular weight is 378 g/mol. The summed E-state index contributed by atoms with van der Waals surface area (Å²) in [5.74, 6) is -0.711. The number of amides is 3. The Balaban J connectivity index is 1.64. The topological polar surface area (TPSA) is 60.9 Å². The Morgan fingerprint density at radius 2 is 1.73 bits per heavy atom. The summed E-state index contributed by atoms with van der Waals surface area (Å²) in [7, 11) is 0. The van der Waals surface area contributed by atoms with Gasteiger partial charge in [0.05, 0.1) is 16.1 Å². The maximum absolute atomic E-state index is 12.8. The number of anilines is 1. The highest BCUT2D eigenvalue weighted by Gasteiger charge is 2.48. The molecule has 0 bridgehead atoms. The molecular weight excluding hydrogens is 354 g/mol. The molecular formula is C19H24ClN3O3. The van der Waals surface area contributed by atoms with E-state index < -0.39 is 11.5 Å². The summed E-state index contributed by atoms with van der Waals surface area (Å²) in [6.07, 6.45) is 0.156. The first-order chi connectivity index (χ1) is 12.2. The molecule has 140 valence electrons. The normalized spacial score (nSPS) is 21.3. The smallest absolute Gasteiger partial charge is 0.245 e. The Hall–Kier alpha value is -2.08. The highest BCUT2D eigenvalue weighted by Crippen LogP contribution is 2.33. The number of rotatable bonds is 3. The highest BCUT2D eigenvalue weighted by atomic mass is 35.5. The zero-order valence-electron chi connectivity index (χ0n) is 15.4. The molecule has 2 saturated heterocycles. The van der Waals surface area contributed by atoms with E-state index in [1.54, 1.807) is 25.7 Å². The van der Waals surface area contributed by atoms with E-state index >= 15 is 0 Å². The monoisotopic (exact) mass is 377 g/mol. The lowest BCUT2D eigenvalue weighted by atomic mass is 9.92. The molecule has 3 amide bonds. The molecule has 0 aromatic heterocycles. The van der Waals surface area contributed by atoms with E-state index in [2.05, 4.69) is 4.90 Å². The van der Waals surface area contributed by atoms with Gasteiger partial charge in [-0.3, -0.25) is 19.3 Å². The number of nitrogens with zero attached hydrogens (tertiary/aromatic N) is 3. The summed E-state index contributed by atoms with van der Waals surface area (Å²) in [6.45, 7) is 7.52. The highest BCUT2D eigenvalue weighted by molar-refractivity contribution is 6.33. The van der Waals surface area contributed by atoms with E-state index in [1.165, 1.54) is 0 Å². The molecule has 1 unspecified atom stereocenters. The fourth-order valence-corrected chi connectivity index (χ4v) is 3.88. The van der Waals surface area contributed by atoms with Crippen LogP contribution in [0.2, 0.25) is 5.02 Å². The van der Waals surface area contributed by atoms with Crippen LogP contribution >= 0.6 is 11.6 Å². The quantitative estimate of drug-likeness (QED) is 0.757. The molecule has 1 atom stereocenters. The predicted octanol–water partition coefficient (Wildman–Crippen LogP) is 2.16. The first-order valence-electron chi connectivity index (χ1n) is 8.87. The Kier molecular flexibility index (Phi) is 4.97. The number of halogens is 1. The van der Waals surface area contributed by atoms with Crippen LogP contribution in [0.5, 0.6) is 0 Å². The van der Waals surface area contributed by atoms with Crippen LogP contribution < -0.4 is 4.90 Å². The number of carbonyl (C=O) groups is 3. The number of piperazine rings is 1. The van der Waals surface area contributed by atoms with Gasteiger partial charge in [-0.25, -0.2) is 0 Å². The second kappa shape index (κ2) is 6.91. The van der Waals surface area contributed by atoms with Crippen LogP contribution in [0.3, 0.4) is 0 Å². The van der Waals surface area contributed by atoms with Gasteiger partial charge in [-0.1, -0.05) is 37.6 Å². The second-order valence-corrected chi connectivity index (χ2v) is 7.98. The van der Waals surface area contributed by atoms with Gasteiger partial charge in [0, 0.05) is 32.6 Å². The Labute approximate surface area is 158 Å². The molecule has 3 rings (SSSR count). The van der Waals surface area contributed by atoms with Gasteiger partial charge in [0.25, 0.3) is 0 Å². The lowest BCUT2D eigenvalue weighted by molar-refractivity contribution is -0.151. The van der Waals surface area contributed by atoms with E-state index in [9.17, 15) is 14.4 Å². The molecule has 2 fully saturated rings. The van der Waals surface area contributed by atoms with E-state index in [-0.39, 0.29) is 24.1 Å². The Morgan fingerprint density at radius 1 is 1.12 bits per heavy atom. The van der Waals surface area contributed by atoms with Crippen LogP contribution in [0.1, 0.15) is 27.2 Å². The summed E-state index contributed by atoms with van der Waals surface area (Å²) in [4.78, 5) is 42.5. The zero-order valence-corrected chi connectivity index (χ0v) is 16.1. The third-order valence-corrected chi connectivity index (χ3v) is 5.51. The molecule has 26 heavy (non-hydrogen) atoms. The van der Waals surface area contributed by atoms with Crippen LogP contribution in [0.15, 0.2) is 24.3 Å². The number of imide groups is 1. The first kappa shape index (κ1) is 18.7. The number of benzene rings is 1.